The normalized spacial score (nSPS) is 23.4. The van der Waals surface area contributed by atoms with Crippen molar-refractivity contribution in [1.82, 2.24) is 9.80 Å². The van der Waals surface area contributed by atoms with Crippen molar-refractivity contribution in [3.05, 3.63) is 0 Å². The first-order valence-electron chi connectivity index (χ1n) is 7.25. The van der Waals surface area contributed by atoms with Gasteiger partial charge in [-0.25, -0.2) is 4.79 Å². The topological polar surface area (TPSA) is 42.0 Å². The first kappa shape index (κ1) is 14.6. The van der Waals surface area contributed by atoms with Crippen molar-refractivity contribution >= 4 is 6.09 Å². The highest BCUT2D eigenvalue weighted by Gasteiger charge is 2.29. The number of rotatable bonds is 1. The van der Waals surface area contributed by atoms with Crippen molar-refractivity contribution in [3.8, 4) is 0 Å². The van der Waals surface area contributed by atoms with E-state index in [1.807, 2.05) is 25.7 Å². The number of morpholine rings is 1. The predicted molar refractivity (Wildman–Crippen MR) is 73.2 cm³/mol. The van der Waals surface area contributed by atoms with E-state index in [9.17, 15) is 4.79 Å². The molecule has 0 radical (unpaired) electrons. The number of piperidine rings is 1. The van der Waals surface area contributed by atoms with Gasteiger partial charge < -0.3 is 14.4 Å². The Morgan fingerprint density at radius 1 is 1.11 bits per heavy atom. The van der Waals surface area contributed by atoms with Gasteiger partial charge in [0.25, 0.3) is 0 Å². The number of hydrogen-bond donors (Lipinski definition) is 0. The minimum atomic E-state index is -0.405. The average molecular weight is 270 g/mol. The van der Waals surface area contributed by atoms with Gasteiger partial charge in [0.1, 0.15) is 5.60 Å². The monoisotopic (exact) mass is 270 g/mol. The largest absolute Gasteiger partial charge is 0.444 e. The second-order valence-corrected chi connectivity index (χ2v) is 6.35. The molecule has 2 heterocycles. The summed E-state index contributed by atoms with van der Waals surface area (Å²) < 4.78 is 10.8. The molecule has 2 rings (SSSR count). The quantitative estimate of drug-likeness (QED) is 0.727. The molecule has 0 bridgehead atoms. The van der Waals surface area contributed by atoms with Gasteiger partial charge in [0.15, 0.2) is 0 Å². The van der Waals surface area contributed by atoms with Crippen LogP contribution in [0, 0.1) is 0 Å². The van der Waals surface area contributed by atoms with Gasteiger partial charge in [-0.3, -0.25) is 4.90 Å². The zero-order valence-electron chi connectivity index (χ0n) is 12.4. The molecule has 2 saturated heterocycles. The van der Waals surface area contributed by atoms with Gasteiger partial charge in [0, 0.05) is 32.2 Å². The summed E-state index contributed by atoms with van der Waals surface area (Å²) in [5, 5.41) is 0. The van der Waals surface area contributed by atoms with Gasteiger partial charge in [-0.15, -0.1) is 0 Å². The van der Waals surface area contributed by atoms with E-state index >= 15 is 0 Å². The van der Waals surface area contributed by atoms with E-state index in [-0.39, 0.29) is 6.09 Å². The lowest BCUT2D eigenvalue weighted by atomic mass is 10.0. The maximum atomic E-state index is 12.0. The van der Waals surface area contributed by atoms with Crippen molar-refractivity contribution in [2.45, 2.75) is 45.3 Å². The van der Waals surface area contributed by atoms with E-state index in [2.05, 4.69) is 4.90 Å². The summed E-state index contributed by atoms with van der Waals surface area (Å²) in [6.07, 6.45) is 1.91. The number of carbonyl (C=O) groups excluding carboxylic acids is 1. The smallest absolute Gasteiger partial charge is 0.410 e. The predicted octanol–water partition coefficient (Wildman–Crippen LogP) is 1.72. The molecule has 0 N–H and O–H groups in total. The summed E-state index contributed by atoms with van der Waals surface area (Å²) in [6, 6.07) is 0.600. The lowest BCUT2D eigenvalue weighted by molar-refractivity contribution is -0.00907. The first-order valence-corrected chi connectivity index (χ1v) is 7.25. The fourth-order valence-electron chi connectivity index (χ4n) is 2.68. The van der Waals surface area contributed by atoms with Crippen LogP contribution in [0.15, 0.2) is 0 Å². The standard InChI is InChI=1S/C14H26N2O3/c1-14(2,3)19-13(17)16-6-4-12(5-7-16)15-8-10-18-11-9-15/h12H,4-11H2,1-3H3. The van der Waals surface area contributed by atoms with Crippen LogP contribution in [0.4, 0.5) is 4.79 Å². The molecular weight excluding hydrogens is 244 g/mol. The first-order chi connectivity index (χ1) is 8.96. The van der Waals surface area contributed by atoms with Crippen molar-refractivity contribution in [2.75, 3.05) is 39.4 Å². The van der Waals surface area contributed by atoms with Crippen LogP contribution in [-0.4, -0.2) is 66.9 Å². The van der Waals surface area contributed by atoms with Crippen LogP contribution in [0.5, 0.6) is 0 Å². The van der Waals surface area contributed by atoms with E-state index in [0.29, 0.717) is 6.04 Å². The highest BCUT2D eigenvalue weighted by Crippen LogP contribution is 2.19. The molecule has 0 saturated carbocycles. The fraction of sp³-hybridized carbons (Fsp3) is 0.929. The minimum Gasteiger partial charge on any atom is -0.444 e. The summed E-state index contributed by atoms with van der Waals surface area (Å²) in [4.78, 5) is 16.3. The molecule has 0 aromatic rings. The van der Waals surface area contributed by atoms with E-state index in [1.54, 1.807) is 0 Å². The number of likely N-dealkylation sites (tertiary alicyclic amines) is 1. The Kier molecular flexibility index (Phi) is 4.68. The van der Waals surface area contributed by atoms with Gasteiger partial charge in [-0.1, -0.05) is 0 Å². The van der Waals surface area contributed by atoms with Gasteiger partial charge in [0.05, 0.1) is 13.2 Å². The third-order valence-electron chi connectivity index (χ3n) is 3.68. The van der Waals surface area contributed by atoms with Crippen molar-refractivity contribution in [2.24, 2.45) is 0 Å². The molecule has 2 fully saturated rings. The maximum absolute atomic E-state index is 12.0. The summed E-state index contributed by atoms with van der Waals surface area (Å²) >= 11 is 0. The summed E-state index contributed by atoms with van der Waals surface area (Å²) in [5.41, 5.74) is -0.405. The molecule has 5 heteroatoms. The van der Waals surface area contributed by atoms with Crippen molar-refractivity contribution < 1.29 is 14.3 Å². The van der Waals surface area contributed by atoms with Crippen LogP contribution in [-0.2, 0) is 9.47 Å². The van der Waals surface area contributed by atoms with E-state index in [0.717, 1.165) is 52.2 Å². The van der Waals surface area contributed by atoms with Crippen LogP contribution in [0.25, 0.3) is 0 Å². The number of amides is 1. The van der Waals surface area contributed by atoms with E-state index in [1.165, 1.54) is 0 Å². The minimum absolute atomic E-state index is 0.173. The lowest BCUT2D eigenvalue weighted by Crippen LogP contribution is -2.50. The van der Waals surface area contributed by atoms with Crippen molar-refractivity contribution in [3.63, 3.8) is 0 Å². The second-order valence-electron chi connectivity index (χ2n) is 6.35. The zero-order valence-corrected chi connectivity index (χ0v) is 12.4. The molecular formula is C14H26N2O3. The molecule has 0 aromatic carbocycles. The Morgan fingerprint density at radius 2 is 1.68 bits per heavy atom. The highest BCUT2D eigenvalue weighted by molar-refractivity contribution is 5.68. The number of ether oxygens (including phenoxy) is 2. The molecule has 0 aromatic heterocycles. The Hall–Kier alpha value is -0.810. The Labute approximate surface area is 115 Å². The maximum Gasteiger partial charge on any atom is 0.410 e. The molecule has 0 spiro atoms. The average Bonchev–Trinajstić information content (AvgIpc) is 2.38. The number of hydrogen-bond acceptors (Lipinski definition) is 4. The number of carbonyl (C=O) groups is 1. The third kappa shape index (κ3) is 4.35. The van der Waals surface area contributed by atoms with Gasteiger partial charge in [-0.05, 0) is 33.6 Å². The second kappa shape index (κ2) is 6.09. The highest BCUT2D eigenvalue weighted by atomic mass is 16.6. The van der Waals surface area contributed by atoms with Crippen LogP contribution in [0.3, 0.4) is 0 Å². The molecule has 0 atom stereocenters. The van der Waals surface area contributed by atoms with Gasteiger partial charge >= 0.3 is 6.09 Å². The van der Waals surface area contributed by atoms with E-state index < -0.39 is 5.60 Å². The lowest BCUT2D eigenvalue weighted by Gasteiger charge is -2.40. The Morgan fingerprint density at radius 3 is 2.21 bits per heavy atom. The van der Waals surface area contributed by atoms with Gasteiger partial charge in [0.2, 0.25) is 0 Å². The molecule has 0 unspecified atom stereocenters. The van der Waals surface area contributed by atoms with Gasteiger partial charge in [-0.2, -0.15) is 0 Å². The van der Waals surface area contributed by atoms with Crippen LogP contribution in [0.1, 0.15) is 33.6 Å². The Bertz CT molecular complexity index is 300. The fourth-order valence-corrected chi connectivity index (χ4v) is 2.68. The van der Waals surface area contributed by atoms with Crippen LogP contribution >= 0.6 is 0 Å². The van der Waals surface area contributed by atoms with Crippen LogP contribution in [0.2, 0.25) is 0 Å². The SMILES string of the molecule is CC(C)(C)OC(=O)N1CCC(N2CCOCC2)CC1. The summed E-state index contributed by atoms with van der Waals surface area (Å²) in [7, 11) is 0. The molecule has 19 heavy (non-hydrogen) atoms. The zero-order chi connectivity index (χ0) is 13.9. The number of nitrogens with zero attached hydrogens (tertiary/aromatic N) is 2. The Balaban J connectivity index is 1.77. The van der Waals surface area contributed by atoms with Crippen LogP contribution < -0.4 is 0 Å². The molecule has 1 amide bonds. The van der Waals surface area contributed by atoms with Crippen molar-refractivity contribution in [1.29, 1.82) is 0 Å². The molecule has 110 valence electrons. The summed E-state index contributed by atoms with van der Waals surface area (Å²) in [5.74, 6) is 0. The molecule has 0 aliphatic carbocycles. The third-order valence-corrected chi connectivity index (χ3v) is 3.68. The summed E-state index contributed by atoms with van der Waals surface area (Å²) in [6.45, 7) is 11.1. The molecule has 5 nitrogen and oxygen atoms in total. The molecule has 2 aliphatic rings. The molecule has 2 aliphatic heterocycles. The van der Waals surface area contributed by atoms with E-state index in [4.69, 9.17) is 9.47 Å².